The number of alkyl halides is 3. The van der Waals surface area contributed by atoms with Gasteiger partial charge in [-0.05, 0) is 35.9 Å². The molecular formula is C20H13F3N4O4S. The van der Waals surface area contributed by atoms with Gasteiger partial charge in [0.2, 0.25) is 6.79 Å². The number of hydrogen-bond acceptors (Lipinski definition) is 7. The van der Waals surface area contributed by atoms with Crippen molar-refractivity contribution in [3.8, 4) is 11.5 Å². The Morgan fingerprint density at radius 3 is 2.81 bits per heavy atom. The maximum Gasteiger partial charge on any atom is 0.434 e. The molecule has 12 heteroatoms. The Morgan fingerprint density at radius 2 is 2.00 bits per heavy atom. The zero-order chi connectivity index (χ0) is 22.5. The number of nitrogens with zero attached hydrogens (tertiary/aromatic N) is 3. The summed E-state index contributed by atoms with van der Waals surface area (Å²) in [6.45, 7) is 0.0695. The summed E-state index contributed by atoms with van der Waals surface area (Å²) in [4.78, 5) is 32.7. The van der Waals surface area contributed by atoms with Crippen LogP contribution in [0.3, 0.4) is 0 Å². The number of carbonyl (C=O) groups is 2. The molecule has 0 aliphatic carbocycles. The third-order valence-electron chi connectivity index (χ3n) is 4.87. The fourth-order valence-corrected chi connectivity index (χ4v) is 4.52. The molecule has 0 saturated carbocycles. The first-order valence-electron chi connectivity index (χ1n) is 9.28. The molecule has 32 heavy (non-hydrogen) atoms. The summed E-state index contributed by atoms with van der Waals surface area (Å²) in [7, 11) is 0. The van der Waals surface area contributed by atoms with Gasteiger partial charge in [-0.25, -0.2) is 15.0 Å². The third-order valence-corrected chi connectivity index (χ3v) is 6.09. The van der Waals surface area contributed by atoms with Gasteiger partial charge in [-0.3, -0.25) is 15.0 Å². The number of rotatable bonds is 3. The van der Waals surface area contributed by atoms with Gasteiger partial charge in [0.1, 0.15) is 5.37 Å². The molecule has 4 heterocycles. The zero-order valence-corrected chi connectivity index (χ0v) is 16.9. The van der Waals surface area contributed by atoms with Gasteiger partial charge in [-0.1, -0.05) is 6.07 Å². The second-order valence-corrected chi connectivity index (χ2v) is 7.98. The molecule has 1 atom stereocenters. The Kier molecular flexibility index (Phi) is 4.81. The minimum Gasteiger partial charge on any atom is -0.454 e. The Balaban J connectivity index is 1.48. The van der Waals surface area contributed by atoms with E-state index in [9.17, 15) is 22.8 Å². The normalized spacial score (nSPS) is 17.8. The molecule has 1 aromatic carbocycles. The number of hydrogen-bond donors (Lipinski definition) is 1. The highest BCUT2D eigenvalue weighted by Crippen LogP contribution is 2.42. The van der Waals surface area contributed by atoms with Gasteiger partial charge in [0.15, 0.2) is 22.8 Å². The second-order valence-electron chi connectivity index (χ2n) is 6.91. The lowest BCUT2D eigenvalue weighted by molar-refractivity contribution is -0.141. The summed E-state index contributed by atoms with van der Waals surface area (Å²) in [5, 5.41) is 0.642. The molecule has 2 aliphatic heterocycles. The standard InChI is InChI=1S/C20H13F3N4O4S/c21-20(22,23)16-12(6-10-2-1-5-24-17(10)25-16)18(29)26-27-15(28)8-32-19(27)11-3-4-13-14(7-11)31-9-30-13/h1-7,19H,8-9H2,(H,26,29). The molecule has 2 amide bonds. The van der Waals surface area contributed by atoms with E-state index in [1.807, 2.05) is 0 Å². The average Bonchev–Trinajstić information content (AvgIpc) is 3.38. The van der Waals surface area contributed by atoms with E-state index in [4.69, 9.17) is 9.47 Å². The highest BCUT2D eigenvalue weighted by Gasteiger charge is 2.40. The van der Waals surface area contributed by atoms with Crippen molar-refractivity contribution >= 4 is 34.6 Å². The van der Waals surface area contributed by atoms with Gasteiger partial charge in [0.25, 0.3) is 11.8 Å². The summed E-state index contributed by atoms with van der Waals surface area (Å²) >= 11 is 1.22. The molecule has 0 bridgehead atoms. The summed E-state index contributed by atoms with van der Waals surface area (Å²) < 4.78 is 51.5. The van der Waals surface area contributed by atoms with E-state index in [0.29, 0.717) is 17.1 Å². The van der Waals surface area contributed by atoms with Gasteiger partial charge in [-0.15, -0.1) is 11.8 Å². The number of amides is 2. The van der Waals surface area contributed by atoms with Crippen LogP contribution in [0.2, 0.25) is 0 Å². The Morgan fingerprint density at radius 1 is 1.19 bits per heavy atom. The number of nitrogens with one attached hydrogen (secondary N) is 1. The van der Waals surface area contributed by atoms with E-state index < -0.39 is 34.6 Å². The first kappa shape index (κ1) is 20.4. The van der Waals surface area contributed by atoms with Crippen molar-refractivity contribution in [2.24, 2.45) is 0 Å². The van der Waals surface area contributed by atoms with E-state index in [-0.39, 0.29) is 23.6 Å². The number of hydrazine groups is 1. The number of pyridine rings is 2. The lowest BCUT2D eigenvalue weighted by Gasteiger charge is -2.25. The molecule has 1 unspecified atom stereocenters. The molecule has 1 N–H and O–H groups in total. The average molecular weight is 462 g/mol. The van der Waals surface area contributed by atoms with E-state index >= 15 is 0 Å². The first-order chi connectivity index (χ1) is 15.3. The topological polar surface area (TPSA) is 93.7 Å². The van der Waals surface area contributed by atoms with Crippen LogP contribution in [0.1, 0.15) is 27.0 Å². The number of ether oxygens (including phenoxy) is 2. The molecule has 8 nitrogen and oxygen atoms in total. The lowest BCUT2D eigenvalue weighted by atomic mass is 10.1. The first-order valence-corrected chi connectivity index (χ1v) is 10.3. The van der Waals surface area contributed by atoms with Crippen LogP contribution in [0.4, 0.5) is 13.2 Å². The molecule has 2 aliphatic rings. The van der Waals surface area contributed by atoms with E-state index in [0.717, 1.165) is 11.1 Å². The highest BCUT2D eigenvalue weighted by atomic mass is 32.2. The van der Waals surface area contributed by atoms with Crippen molar-refractivity contribution in [1.29, 1.82) is 0 Å². The quantitative estimate of drug-likeness (QED) is 0.638. The highest BCUT2D eigenvalue weighted by molar-refractivity contribution is 8.00. The molecule has 1 saturated heterocycles. The van der Waals surface area contributed by atoms with Gasteiger partial charge >= 0.3 is 6.18 Å². The molecule has 164 valence electrons. The van der Waals surface area contributed by atoms with Gasteiger partial charge in [-0.2, -0.15) is 13.2 Å². The van der Waals surface area contributed by atoms with Crippen LogP contribution in [0, 0.1) is 0 Å². The van der Waals surface area contributed by atoms with Crippen molar-refractivity contribution in [3.63, 3.8) is 0 Å². The molecule has 5 rings (SSSR count). The minimum atomic E-state index is -4.89. The lowest BCUT2D eigenvalue weighted by Crippen LogP contribution is -2.45. The van der Waals surface area contributed by atoms with Crippen molar-refractivity contribution in [1.82, 2.24) is 20.4 Å². The second kappa shape index (κ2) is 7.55. The maximum atomic E-state index is 13.6. The Bertz CT molecular complexity index is 1250. The predicted molar refractivity (Wildman–Crippen MR) is 107 cm³/mol. The van der Waals surface area contributed by atoms with Crippen molar-refractivity contribution in [3.05, 3.63) is 59.4 Å². The molecular weight excluding hydrogens is 449 g/mol. The van der Waals surface area contributed by atoms with Crippen LogP contribution in [-0.4, -0.2) is 39.3 Å². The van der Waals surface area contributed by atoms with Gasteiger partial charge in [0.05, 0.1) is 11.3 Å². The Hall–Kier alpha value is -3.54. The summed E-state index contributed by atoms with van der Waals surface area (Å²) in [5.74, 6) is -0.471. The van der Waals surface area contributed by atoms with Crippen LogP contribution in [0.15, 0.2) is 42.6 Å². The van der Waals surface area contributed by atoms with E-state index in [1.165, 1.54) is 30.1 Å². The summed E-state index contributed by atoms with van der Waals surface area (Å²) in [5.41, 5.74) is 0.744. The number of halogens is 3. The van der Waals surface area contributed by atoms with Crippen LogP contribution >= 0.6 is 11.8 Å². The fourth-order valence-electron chi connectivity index (χ4n) is 3.42. The summed E-state index contributed by atoms with van der Waals surface area (Å²) in [6, 6.07) is 9.13. The minimum absolute atomic E-state index is 0.0470. The zero-order valence-electron chi connectivity index (χ0n) is 16.0. The predicted octanol–water partition coefficient (Wildman–Crippen LogP) is 3.30. The fraction of sp³-hybridized carbons (Fsp3) is 0.200. The van der Waals surface area contributed by atoms with E-state index in [2.05, 4.69) is 15.4 Å². The van der Waals surface area contributed by atoms with E-state index in [1.54, 1.807) is 18.2 Å². The van der Waals surface area contributed by atoms with Crippen LogP contribution in [-0.2, 0) is 11.0 Å². The maximum absolute atomic E-state index is 13.6. The van der Waals surface area contributed by atoms with Crippen LogP contribution in [0.25, 0.3) is 11.0 Å². The number of carbonyl (C=O) groups excluding carboxylic acids is 2. The molecule has 0 radical (unpaired) electrons. The van der Waals surface area contributed by atoms with Gasteiger partial charge < -0.3 is 9.47 Å². The molecule has 2 aromatic heterocycles. The van der Waals surface area contributed by atoms with Crippen LogP contribution < -0.4 is 14.9 Å². The number of fused-ring (bicyclic) bond motifs is 2. The third kappa shape index (κ3) is 3.55. The molecule has 1 fully saturated rings. The number of thioether (sulfide) groups is 1. The molecule has 0 spiro atoms. The number of aromatic nitrogens is 2. The monoisotopic (exact) mass is 462 g/mol. The largest absolute Gasteiger partial charge is 0.454 e. The van der Waals surface area contributed by atoms with Crippen molar-refractivity contribution in [2.45, 2.75) is 11.6 Å². The van der Waals surface area contributed by atoms with Gasteiger partial charge in [0, 0.05) is 11.6 Å². The Labute approximate surface area is 182 Å². The molecule has 3 aromatic rings. The summed E-state index contributed by atoms with van der Waals surface area (Å²) in [6.07, 6.45) is -3.58. The van der Waals surface area contributed by atoms with Crippen LogP contribution in [0.5, 0.6) is 11.5 Å². The smallest absolute Gasteiger partial charge is 0.434 e. The SMILES string of the molecule is O=C(NN1C(=O)CSC1c1ccc2c(c1)OCO2)c1cc2cccnc2nc1C(F)(F)F. The van der Waals surface area contributed by atoms with Crippen molar-refractivity contribution in [2.75, 3.05) is 12.5 Å². The number of benzene rings is 1. The van der Waals surface area contributed by atoms with Crippen molar-refractivity contribution < 1.29 is 32.2 Å².